The third kappa shape index (κ3) is 5.31. The Balaban J connectivity index is 1.79. The van der Waals surface area contributed by atoms with Gasteiger partial charge in [0.2, 0.25) is 0 Å². The van der Waals surface area contributed by atoms with E-state index >= 15 is 0 Å². The Morgan fingerprint density at radius 2 is 1.96 bits per heavy atom. The van der Waals surface area contributed by atoms with Gasteiger partial charge in [0.1, 0.15) is 0 Å². The van der Waals surface area contributed by atoms with Crippen LogP contribution in [-0.2, 0) is 30.6 Å². The number of likely N-dealkylation sites (N-methyl/N-ethyl adjacent to an activating group) is 1. The highest BCUT2D eigenvalue weighted by Crippen LogP contribution is 2.16. The van der Waals surface area contributed by atoms with E-state index in [1.165, 1.54) is 11.9 Å². The van der Waals surface area contributed by atoms with Crippen molar-refractivity contribution >= 4 is 37.6 Å². The number of nitrogens with zero attached hydrogens (tertiary/aromatic N) is 1. The number of benzene rings is 1. The third-order valence-electron chi connectivity index (χ3n) is 3.77. The molecule has 0 radical (unpaired) electrons. The second-order valence-corrected chi connectivity index (χ2v) is 8.67. The smallest absolute Gasteiger partial charge is 0.310 e. The molecule has 0 aromatic heterocycles. The number of ether oxygens (including phenoxy) is 1. The fraction of sp³-hybridized carbons (Fsp3) is 0.467. The highest BCUT2D eigenvalue weighted by molar-refractivity contribution is 9.10. The third-order valence-corrected chi connectivity index (χ3v) is 6.05. The number of sulfone groups is 1. The van der Waals surface area contributed by atoms with Gasteiger partial charge in [-0.2, -0.15) is 0 Å². The Morgan fingerprint density at radius 1 is 1.30 bits per heavy atom. The van der Waals surface area contributed by atoms with Gasteiger partial charge in [-0.1, -0.05) is 28.1 Å². The lowest BCUT2D eigenvalue weighted by Gasteiger charge is -2.23. The minimum Gasteiger partial charge on any atom is -0.455 e. The van der Waals surface area contributed by atoms with Gasteiger partial charge in [-0.25, -0.2) is 8.42 Å². The fourth-order valence-corrected chi connectivity index (χ4v) is 4.39. The Kier molecular flexibility index (Phi) is 5.80. The van der Waals surface area contributed by atoms with Crippen molar-refractivity contribution in [3.8, 4) is 0 Å². The molecule has 126 valence electrons. The maximum absolute atomic E-state index is 12.0. The van der Waals surface area contributed by atoms with Crippen molar-refractivity contribution in [1.29, 1.82) is 0 Å². The summed E-state index contributed by atoms with van der Waals surface area (Å²) in [6.45, 7) is -0.373. The average Bonchev–Trinajstić information content (AvgIpc) is 2.86. The molecule has 0 N–H and O–H groups in total. The molecular weight excluding hydrogens is 386 g/mol. The van der Waals surface area contributed by atoms with Crippen molar-refractivity contribution in [2.45, 2.75) is 18.9 Å². The summed E-state index contributed by atoms with van der Waals surface area (Å²) in [6, 6.07) is 6.90. The van der Waals surface area contributed by atoms with Crippen molar-refractivity contribution in [1.82, 2.24) is 4.90 Å². The summed E-state index contributed by atoms with van der Waals surface area (Å²) in [4.78, 5) is 25.1. The van der Waals surface area contributed by atoms with Crippen LogP contribution >= 0.6 is 15.9 Å². The second-order valence-electron chi connectivity index (χ2n) is 5.53. The lowest BCUT2D eigenvalue weighted by Crippen LogP contribution is -2.40. The van der Waals surface area contributed by atoms with Crippen LogP contribution in [0.15, 0.2) is 28.7 Å². The highest BCUT2D eigenvalue weighted by Gasteiger charge is 2.32. The van der Waals surface area contributed by atoms with Crippen LogP contribution in [0.25, 0.3) is 0 Å². The Hall–Kier alpha value is -1.41. The molecule has 0 aliphatic carbocycles. The predicted octanol–water partition coefficient (Wildman–Crippen LogP) is 1.18. The summed E-state index contributed by atoms with van der Waals surface area (Å²) in [6.07, 6.45) is 0.513. The van der Waals surface area contributed by atoms with E-state index in [4.69, 9.17) is 4.74 Å². The number of halogens is 1. The van der Waals surface area contributed by atoms with Crippen LogP contribution in [-0.4, -0.2) is 56.4 Å². The maximum Gasteiger partial charge on any atom is 0.310 e. The summed E-state index contributed by atoms with van der Waals surface area (Å²) in [7, 11) is -1.52. The van der Waals surface area contributed by atoms with Gasteiger partial charge in [-0.3, -0.25) is 9.59 Å². The van der Waals surface area contributed by atoms with Gasteiger partial charge in [0.25, 0.3) is 5.91 Å². The van der Waals surface area contributed by atoms with Crippen LogP contribution < -0.4 is 0 Å². The maximum atomic E-state index is 12.0. The lowest BCUT2D eigenvalue weighted by atomic mass is 10.2. The largest absolute Gasteiger partial charge is 0.455 e. The highest BCUT2D eigenvalue weighted by atomic mass is 79.9. The van der Waals surface area contributed by atoms with Crippen molar-refractivity contribution < 1.29 is 22.7 Å². The first-order valence-corrected chi connectivity index (χ1v) is 9.74. The topological polar surface area (TPSA) is 80.8 Å². The number of hydrogen-bond acceptors (Lipinski definition) is 5. The summed E-state index contributed by atoms with van der Waals surface area (Å²) >= 11 is 3.31. The number of carbonyl (C=O) groups is 2. The minimum absolute atomic E-state index is 0.0257. The van der Waals surface area contributed by atoms with E-state index in [0.29, 0.717) is 6.42 Å². The molecule has 6 nitrogen and oxygen atoms in total. The van der Waals surface area contributed by atoms with Crippen LogP contribution in [0.4, 0.5) is 0 Å². The average molecular weight is 404 g/mol. The van der Waals surface area contributed by atoms with E-state index in [2.05, 4.69) is 15.9 Å². The number of amides is 1. The zero-order chi connectivity index (χ0) is 17.0. The van der Waals surface area contributed by atoms with Gasteiger partial charge >= 0.3 is 5.97 Å². The molecular formula is C15H18BrNO5S. The van der Waals surface area contributed by atoms with Gasteiger partial charge in [-0.05, 0) is 24.1 Å². The van der Waals surface area contributed by atoms with Crippen molar-refractivity contribution in [2.24, 2.45) is 0 Å². The van der Waals surface area contributed by atoms with Crippen molar-refractivity contribution in [2.75, 3.05) is 25.2 Å². The molecule has 0 bridgehead atoms. The van der Waals surface area contributed by atoms with Gasteiger partial charge < -0.3 is 9.64 Å². The van der Waals surface area contributed by atoms with Crippen molar-refractivity contribution in [3.63, 3.8) is 0 Å². The van der Waals surface area contributed by atoms with E-state index in [1.54, 1.807) is 12.1 Å². The number of carbonyl (C=O) groups excluding carboxylic acids is 2. The molecule has 8 heteroatoms. The van der Waals surface area contributed by atoms with Crippen LogP contribution in [0.2, 0.25) is 0 Å². The molecule has 23 heavy (non-hydrogen) atoms. The van der Waals surface area contributed by atoms with Gasteiger partial charge in [0.05, 0.1) is 17.9 Å². The molecule has 1 aliphatic rings. The molecule has 1 fully saturated rings. The number of rotatable bonds is 5. The molecule has 1 aliphatic heterocycles. The van der Waals surface area contributed by atoms with Gasteiger partial charge in [0, 0.05) is 17.6 Å². The van der Waals surface area contributed by atoms with E-state index in [9.17, 15) is 18.0 Å². The zero-order valence-corrected chi connectivity index (χ0v) is 15.1. The quantitative estimate of drug-likeness (QED) is 0.689. The molecule has 0 spiro atoms. The zero-order valence-electron chi connectivity index (χ0n) is 12.7. The number of esters is 1. The Morgan fingerprint density at radius 3 is 2.52 bits per heavy atom. The Labute approximate surface area is 143 Å². The molecule has 2 rings (SSSR count). The summed E-state index contributed by atoms with van der Waals surface area (Å²) in [5.74, 6) is -0.815. The first-order chi connectivity index (χ1) is 10.8. The first kappa shape index (κ1) is 17.9. The summed E-state index contributed by atoms with van der Waals surface area (Å²) in [5, 5.41) is 0. The SMILES string of the molecule is CN(C(=O)COC(=O)Cc1ccc(Br)cc1)[C@H]1CCS(=O)(=O)C1. The molecule has 1 atom stereocenters. The van der Waals surface area contributed by atoms with Crippen molar-refractivity contribution in [3.05, 3.63) is 34.3 Å². The monoisotopic (exact) mass is 403 g/mol. The molecule has 1 heterocycles. The van der Waals surface area contributed by atoms with Gasteiger partial charge in [-0.15, -0.1) is 0 Å². The van der Waals surface area contributed by atoms with Crippen LogP contribution in [0.5, 0.6) is 0 Å². The van der Waals surface area contributed by atoms with E-state index < -0.39 is 21.7 Å². The molecule has 1 aromatic rings. The first-order valence-electron chi connectivity index (χ1n) is 7.13. The number of hydrogen-bond donors (Lipinski definition) is 0. The van der Waals surface area contributed by atoms with E-state index in [0.717, 1.165) is 10.0 Å². The van der Waals surface area contributed by atoms with Gasteiger partial charge in [0.15, 0.2) is 16.4 Å². The summed E-state index contributed by atoms with van der Waals surface area (Å²) < 4.78 is 28.8. The van der Waals surface area contributed by atoms with Crippen LogP contribution in [0.3, 0.4) is 0 Å². The molecule has 1 saturated heterocycles. The fourth-order valence-electron chi connectivity index (χ4n) is 2.35. The molecule has 1 amide bonds. The lowest BCUT2D eigenvalue weighted by molar-refractivity contribution is -0.151. The van der Waals surface area contributed by atoms with Crippen LogP contribution in [0, 0.1) is 0 Å². The molecule has 1 aromatic carbocycles. The normalized spacial score (nSPS) is 19.3. The molecule has 0 unspecified atom stereocenters. The van der Waals surface area contributed by atoms with Crippen LogP contribution in [0.1, 0.15) is 12.0 Å². The standard InChI is InChI=1S/C15H18BrNO5S/c1-17(13-6-7-23(20,21)10-13)14(18)9-22-15(19)8-11-2-4-12(16)5-3-11/h2-5,13H,6-10H2,1H3/t13-/m0/s1. The Bertz CT molecular complexity index is 686. The predicted molar refractivity (Wildman–Crippen MR) is 88.6 cm³/mol. The molecule has 0 saturated carbocycles. The summed E-state index contributed by atoms with van der Waals surface area (Å²) in [5.41, 5.74) is 0.792. The van der Waals surface area contributed by atoms with E-state index in [-0.39, 0.29) is 30.6 Å². The second kappa shape index (κ2) is 7.44. The minimum atomic E-state index is -3.05. The van der Waals surface area contributed by atoms with E-state index in [1.807, 2.05) is 12.1 Å².